The molecule has 3 atom stereocenters. The van der Waals surface area contributed by atoms with Crippen LogP contribution in [0.4, 0.5) is 16.2 Å². The number of hydrogen-bond acceptors (Lipinski definition) is 10. The first-order valence-corrected chi connectivity index (χ1v) is 15.4. The maximum Gasteiger partial charge on any atom is 0.330 e. The number of urea groups is 1. The van der Waals surface area contributed by atoms with Crippen molar-refractivity contribution in [1.82, 2.24) is 9.80 Å². The van der Waals surface area contributed by atoms with Crippen molar-refractivity contribution >= 4 is 46.3 Å². The number of aryl methyl sites for hydroxylation is 1. The smallest absolute Gasteiger partial charge is 0.330 e. The number of likely N-dealkylation sites (N-methyl/N-ethyl adjacent to an activating group) is 1. The molecule has 0 spiro atoms. The van der Waals surface area contributed by atoms with Crippen molar-refractivity contribution in [3.8, 4) is 17.2 Å². The lowest BCUT2D eigenvalue weighted by Gasteiger charge is -2.26. The van der Waals surface area contributed by atoms with Gasteiger partial charge in [-0.25, -0.2) is 9.69 Å². The van der Waals surface area contributed by atoms with Crippen LogP contribution in [0, 0.1) is 12.3 Å². The van der Waals surface area contributed by atoms with Crippen LogP contribution < -0.4 is 23.7 Å². The van der Waals surface area contributed by atoms with Crippen LogP contribution >= 0.6 is 0 Å². The van der Waals surface area contributed by atoms with E-state index >= 15 is 0 Å². The standard InChI is InChI=1S/C30H38N4O10S/c1-7-42-14-15-43-21-11-8-18(2)16-23(21)44-45(39)32-19-9-10-20(22(17-19)40-5)31-26(36)24(25(35)30(3)12-13-30)34-27(37)28(41-6)33(4)29(34)38/h8-11,16-17,24,28,32H,7,12-15H2,1-6H3,(H,31,36). The van der Waals surface area contributed by atoms with E-state index in [2.05, 4.69) is 10.0 Å². The minimum absolute atomic E-state index is 0.149. The lowest BCUT2D eigenvalue weighted by Crippen LogP contribution is -2.54. The van der Waals surface area contributed by atoms with Gasteiger partial charge in [-0.05, 0) is 56.5 Å². The van der Waals surface area contributed by atoms with Crippen molar-refractivity contribution in [2.75, 3.05) is 51.1 Å². The van der Waals surface area contributed by atoms with Crippen LogP contribution in [0.2, 0.25) is 0 Å². The molecule has 4 rings (SSSR count). The summed E-state index contributed by atoms with van der Waals surface area (Å²) in [4.78, 5) is 54.8. The molecule has 244 valence electrons. The summed E-state index contributed by atoms with van der Waals surface area (Å²) < 4.78 is 42.8. The minimum atomic E-state index is -2.06. The van der Waals surface area contributed by atoms with E-state index in [1.54, 1.807) is 19.1 Å². The first kappa shape index (κ1) is 33.7. The summed E-state index contributed by atoms with van der Waals surface area (Å²) in [6.07, 6.45) is -0.197. The van der Waals surface area contributed by atoms with Gasteiger partial charge in [0.05, 0.1) is 25.1 Å². The summed E-state index contributed by atoms with van der Waals surface area (Å²) in [6, 6.07) is 7.14. The number of carbonyl (C=O) groups excluding carboxylic acids is 4. The van der Waals surface area contributed by atoms with Crippen LogP contribution in [-0.2, 0) is 35.1 Å². The molecular weight excluding hydrogens is 608 g/mol. The Morgan fingerprint density at radius 1 is 1.07 bits per heavy atom. The molecular formula is C30H38N4O10S. The lowest BCUT2D eigenvalue weighted by molar-refractivity contribution is -0.147. The van der Waals surface area contributed by atoms with Crippen molar-refractivity contribution in [3.05, 3.63) is 42.0 Å². The van der Waals surface area contributed by atoms with Crippen LogP contribution in [0.15, 0.2) is 36.4 Å². The Balaban J connectivity index is 1.49. The highest BCUT2D eigenvalue weighted by atomic mass is 32.2. The van der Waals surface area contributed by atoms with Gasteiger partial charge in [0.1, 0.15) is 12.4 Å². The number of ether oxygens (including phenoxy) is 4. The number of ketones is 1. The lowest BCUT2D eigenvalue weighted by atomic mass is 9.95. The largest absolute Gasteiger partial charge is 0.494 e. The van der Waals surface area contributed by atoms with Gasteiger partial charge >= 0.3 is 17.3 Å². The Bertz CT molecular complexity index is 1480. The average Bonchev–Trinajstić information content (AvgIpc) is 3.72. The Morgan fingerprint density at radius 2 is 1.80 bits per heavy atom. The van der Waals surface area contributed by atoms with Gasteiger partial charge in [-0.3, -0.25) is 24.0 Å². The van der Waals surface area contributed by atoms with Crippen LogP contribution in [-0.4, -0.2) is 91.0 Å². The number of benzene rings is 2. The molecule has 2 aromatic carbocycles. The monoisotopic (exact) mass is 646 g/mol. The Morgan fingerprint density at radius 3 is 2.42 bits per heavy atom. The zero-order chi connectivity index (χ0) is 32.9. The van der Waals surface area contributed by atoms with Gasteiger partial charge in [-0.2, -0.15) is 4.21 Å². The molecule has 3 unspecified atom stereocenters. The number of imide groups is 1. The van der Waals surface area contributed by atoms with Gasteiger partial charge in [0.25, 0.3) is 11.8 Å². The maximum absolute atomic E-state index is 13.6. The van der Waals surface area contributed by atoms with Gasteiger partial charge in [-0.1, -0.05) is 13.0 Å². The Hall–Kier alpha value is -4.21. The first-order valence-electron chi connectivity index (χ1n) is 14.3. The molecule has 1 saturated carbocycles. The molecule has 0 bridgehead atoms. The molecule has 1 saturated heterocycles. The summed E-state index contributed by atoms with van der Waals surface area (Å²) in [5.41, 5.74) is 0.509. The van der Waals surface area contributed by atoms with Crippen molar-refractivity contribution in [2.45, 2.75) is 45.9 Å². The van der Waals surface area contributed by atoms with Gasteiger partial charge in [0.2, 0.25) is 6.23 Å². The van der Waals surface area contributed by atoms with E-state index < -0.39 is 52.6 Å². The second kappa shape index (κ2) is 14.3. The van der Waals surface area contributed by atoms with E-state index in [9.17, 15) is 23.4 Å². The zero-order valence-electron chi connectivity index (χ0n) is 26.0. The molecule has 1 aliphatic heterocycles. The predicted molar refractivity (Wildman–Crippen MR) is 164 cm³/mol. The van der Waals surface area contributed by atoms with Gasteiger partial charge in [-0.15, -0.1) is 0 Å². The fourth-order valence-corrected chi connectivity index (χ4v) is 5.33. The molecule has 0 aromatic heterocycles. The molecule has 2 aromatic rings. The number of rotatable bonds is 16. The number of amides is 4. The third-order valence-corrected chi connectivity index (χ3v) is 8.23. The number of hydrogen-bond donors (Lipinski definition) is 2. The highest BCUT2D eigenvalue weighted by Crippen LogP contribution is 2.47. The summed E-state index contributed by atoms with van der Waals surface area (Å²) in [5.74, 6) is -1.44. The topological polar surface area (TPSA) is 162 Å². The SMILES string of the molecule is CCOCCOc1ccc(C)cc1OS(=O)Nc1ccc(NC(=O)C(C(=O)C2(C)CC2)N2C(=O)C(OC)N(C)C2=O)c(OC)c1. The van der Waals surface area contributed by atoms with Gasteiger partial charge in [0.15, 0.2) is 23.3 Å². The number of carbonyl (C=O) groups is 4. The summed E-state index contributed by atoms with van der Waals surface area (Å²) in [5, 5.41) is 2.62. The summed E-state index contributed by atoms with van der Waals surface area (Å²) in [6.45, 7) is 6.66. The highest BCUT2D eigenvalue weighted by molar-refractivity contribution is 7.82. The third kappa shape index (κ3) is 7.54. The summed E-state index contributed by atoms with van der Waals surface area (Å²) >= 11 is -2.06. The molecule has 1 heterocycles. The van der Waals surface area contributed by atoms with Crippen LogP contribution in [0.3, 0.4) is 0 Å². The Kier molecular flexibility index (Phi) is 10.7. The maximum atomic E-state index is 13.6. The number of nitrogens with zero attached hydrogens (tertiary/aromatic N) is 2. The van der Waals surface area contributed by atoms with E-state index in [4.69, 9.17) is 23.1 Å². The molecule has 15 heteroatoms. The third-order valence-electron chi connectivity index (χ3n) is 7.50. The number of nitrogens with one attached hydrogen (secondary N) is 2. The van der Waals surface area contributed by atoms with Crippen LogP contribution in [0.5, 0.6) is 17.2 Å². The van der Waals surface area contributed by atoms with Crippen LogP contribution in [0.25, 0.3) is 0 Å². The fraction of sp³-hybridized carbons (Fsp3) is 0.467. The molecule has 2 fully saturated rings. The van der Waals surface area contributed by atoms with E-state index in [-0.39, 0.29) is 23.8 Å². The first-order chi connectivity index (χ1) is 21.4. The molecule has 2 N–H and O–H groups in total. The Labute approximate surface area is 264 Å². The molecule has 1 aliphatic carbocycles. The fourth-order valence-electron chi connectivity index (χ4n) is 4.68. The summed E-state index contributed by atoms with van der Waals surface area (Å²) in [7, 11) is 3.97. The van der Waals surface area contributed by atoms with Crippen LogP contribution in [0.1, 0.15) is 32.3 Å². The molecule has 45 heavy (non-hydrogen) atoms. The average molecular weight is 647 g/mol. The predicted octanol–water partition coefficient (Wildman–Crippen LogP) is 3.03. The van der Waals surface area contributed by atoms with Gasteiger partial charge in [0, 0.05) is 32.2 Å². The van der Waals surface area contributed by atoms with Crippen molar-refractivity contribution in [3.63, 3.8) is 0 Å². The van der Waals surface area contributed by atoms with Crippen molar-refractivity contribution in [1.29, 1.82) is 0 Å². The van der Waals surface area contributed by atoms with E-state index in [1.807, 2.05) is 19.9 Å². The molecule has 0 radical (unpaired) electrons. The highest BCUT2D eigenvalue weighted by Gasteiger charge is 2.57. The van der Waals surface area contributed by atoms with Crippen molar-refractivity contribution < 1.29 is 46.5 Å². The number of methoxy groups -OCH3 is 2. The van der Waals surface area contributed by atoms with E-state index in [0.717, 1.165) is 10.5 Å². The molecule has 4 amide bonds. The minimum Gasteiger partial charge on any atom is -0.494 e. The second-order valence-corrected chi connectivity index (χ2v) is 11.7. The van der Waals surface area contributed by atoms with E-state index in [0.29, 0.717) is 42.4 Å². The second-order valence-electron chi connectivity index (χ2n) is 10.8. The van der Waals surface area contributed by atoms with Gasteiger partial charge < -0.3 is 28.4 Å². The number of Topliss-reactive ketones (excluding diaryl/α,β-unsaturated/α-hetero) is 1. The quantitative estimate of drug-likeness (QED) is 0.158. The molecule has 2 aliphatic rings. The van der Waals surface area contributed by atoms with Crippen molar-refractivity contribution in [2.24, 2.45) is 5.41 Å². The normalized spacial score (nSPS) is 18.3. The zero-order valence-corrected chi connectivity index (χ0v) is 26.9. The van der Waals surface area contributed by atoms with E-state index in [1.165, 1.54) is 39.5 Å². The molecule has 14 nitrogen and oxygen atoms in total. The number of anilines is 2.